The average Bonchev–Trinajstić information content (AvgIpc) is 2.50. The summed E-state index contributed by atoms with van der Waals surface area (Å²) in [5.41, 5.74) is 0.142. The molecular formula is C16H20FNO5. The second kappa shape index (κ2) is 9.77. The number of nitriles is 1. The Bertz CT molecular complexity index is 570. The summed E-state index contributed by atoms with van der Waals surface area (Å²) in [4.78, 5) is 11.7. The highest BCUT2D eigenvalue weighted by Gasteiger charge is 2.25. The number of carbonyl (C=O) groups is 1. The molecule has 7 heteroatoms. The van der Waals surface area contributed by atoms with E-state index in [9.17, 15) is 14.4 Å². The van der Waals surface area contributed by atoms with Crippen molar-refractivity contribution in [1.29, 1.82) is 5.26 Å². The van der Waals surface area contributed by atoms with Crippen LogP contribution < -0.4 is 9.47 Å². The van der Waals surface area contributed by atoms with Gasteiger partial charge in [-0.25, -0.2) is 4.39 Å². The first-order valence-corrected chi connectivity index (χ1v) is 7.02. The van der Waals surface area contributed by atoms with E-state index in [0.717, 1.165) is 12.1 Å². The van der Waals surface area contributed by atoms with Crippen LogP contribution in [0.2, 0.25) is 0 Å². The zero-order valence-electron chi connectivity index (χ0n) is 13.4. The lowest BCUT2D eigenvalue weighted by Crippen LogP contribution is -2.14. The molecule has 0 aromatic heterocycles. The number of methoxy groups -OCH3 is 2. The third kappa shape index (κ3) is 5.51. The minimum Gasteiger partial charge on any atom is -0.487 e. The lowest BCUT2D eigenvalue weighted by molar-refractivity contribution is -0.117. The highest BCUT2D eigenvalue weighted by molar-refractivity contribution is 5.87. The maximum atomic E-state index is 13.9. The highest BCUT2D eigenvalue weighted by atomic mass is 19.1. The van der Waals surface area contributed by atoms with Crippen LogP contribution in [0.3, 0.4) is 0 Å². The summed E-state index contributed by atoms with van der Waals surface area (Å²) in [5, 5.41) is 9.21. The SMILES string of the molecule is COCCOc1cc(F)cc(C(C#N)C(C)=O)c1OCCOC. The molecule has 0 spiro atoms. The number of nitrogens with zero attached hydrogens (tertiary/aromatic N) is 1. The number of ketones is 1. The van der Waals surface area contributed by atoms with Gasteiger partial charge < -0.3 is 18.9 Å². The fourth-order valence-electron chi connectivity index (χ4n) is 1.91. The van der Waals surface area contributed by atoms with Crippen LogP contribution in [0.25, 0.3) is 0 Å². The summed E-state index contributed by atoms with van der Waals surface area (Å²) < 4.78 is 34.7. The van der Waals surface area contributed by atoms with Crippen molar-refractivity contribution in [2.24, 2.45) is 0 Å². The van der Waals surface area contributed by atoms with Gasteiger partial charge in [-0.05, 0) is 13.0 Å². The van der Waals surface area contributed by atoms with Crippen molar-refractivity contribution in [2.75, 3.05) is 40.6 Å². The van der Waals surface area contributed by atoms with E-state index in [0.29, 0.717) is 13.2 Å². The van der Waals surface area contributed by atoms with Crippen molar-refractivity contribution in [3.05, 3.63) is 23.5 Å². The van der Waals surface area contributed by atoms with Crippen molar-refractivity contribution in [1.82, 2.24) is 0 Å². The van der Waals surface area contributed by atoms with Crippen molar-refractivity contribution in [2.45, 2.75) is 12.8 Å². The maximum Gasteiger partial charge on any atom is 0.166 e. The number of hydrogen-bond donors (Lipinski definition) is 0. The van der Waals surface area contributed by atoms with E-state index in [2.05, 4.69) is 0 Å². The number of Topliss-reactive ketones (excluding diaryl/α,β-unsaturated/α-hetero) is 1. The number of hydrogen-bond acceptors (Lipinski definition) is 6. The van der Waals surface area contributed by atoms with E-state index in [1.54, 1.807) is 0 Å². The van der Waals surface area contributed by atoms with Crippen LogP contribution in [-0.2, 0) is 14.3 Å². The van der Waals surface area contributed by atoms with Gasteiger partial charge in [0.25, 0.3) is 0 Å². The molecule has 6 nitrogen and oxygen atoms in total. The van der Waals surface area contributed by atoms with Gasteiger partial charge in [0.05, 0.1) is 19.3 Å². The van der Waals surface area contributed by atoms with Crippen LogP contribution in [0.15, 0.2) is 12.1 Å². The lowest BCUT2D eigenvalue weighted by atomic mass is 9.95. The van der Waals surface area contributed by atoms with Gasteiger partial charge in [-0.1, -0.05) is 0 Å². The summed E-state index contributed by atoms with van der Waals surface area (Å²) in [7, 11) is 3.02. The molecule has 1 aromatic carbocycles. The Morgan fingerprint density at radius 2 is 1.78 bits per heavy atom. The van der Waals surface area contributed by atoms with Crippen LogP contribution in [0.4, 0.5) is 4.39 Å². The van der Waals surface area contributed by atoms with Gasteiger partial charge in [0.15, 0.2) is 17.3 Å². The molecule has 1 aromatic rings. The van der Waals surface area contributed by atoms with Crippen LogP contribution in [0.5, 0.6) is 11.5 Å². The molecule has 0 bridgehead atoms. The van der Waals surface area contributed by atoms with E-state index in [4.69, 9.17) is 18.9 Å². The maximum absolute atomic E-state index is 13.9. The topological polar surface area (TPSA) is 77.8 Å². The third-order valence-corrected chi connectivity index (χ3v) is 2.97. The number of benzene rings is 1. The zero-order valence-corrected chi connectivity index (χ0v) is 13.4. The molecule has 1 atom stereocenters. The molecule has 0 saturated carbocycles. The molecule has 0 fully saturated rings. The van der Waals surface area contributed by atoms with Crippen LogP contribution in [0.1, 0.15) is 18.4 Å². The van der Waals surface area contributed by atoms with Crippen LogP contribution >= 0.6 is 0 Å². The van der Waals surface area contributed by atoms with E-state index in [1.165, 1.54) is 21.1 Å². The summed E-state index contributed by atoms with van der Waals surface area (Å²) >= 11 is 0. The summed E-state index contributed by atoms with van der Waals surface area (Å²) in [6, 6.07) is 4.12. The number of rotatable bonds is 10. The molecular weight excluding hydrogens is 305 g/mol. The molecule has 0 aliphatic rings. The monoisotopic (exact) mass is 325 g/mol. The molecule has 0 amide bonds. The lowest BCUT2D eigenvalue weighted by Gasteiger charge is -2.18. The summed E-state index contributed by atoms with van der Waals surface area (Å²) in [5.74, 6) is -1.87. The molecule has 23 heavy (non-hydrogen) atoms. The largest absolute Gasteiger partial charge is 0.487 e. The van der Waals surface area contributed by atoms with Gasteiger partial charge in [0.1, 0.15) is 24.9 Å². The smallest absolute Gasteiger partial charge is 0.166 e. The minimum absolute atomic E-state index is 0.120. The third-order valence-electron chi connectivity index (χ3n) is 2.97. The Labute approximate surface area is 134 Å². The first-order valence-electron chi connectivity index (χ1n) is 7.02. The van der Waals surface area contributed by atoms with Crippen LogP contribution in [-0.4, -0.2) is 46.4 Å². The number of halogens is 1. The van der Waals surface area contributed by atoms with Gasteiger partial charge in [-0.3, -0.25) is 4.79 Å². The molecule has 1 unspecified atom stereocenters. The fourth-order valence-corrected chi connectivity index (χ4v) is 1.91. The van der Waals surface area contributed by atoms with Gasteiger partial charge >= 0.3 is 0 Å². The average molecular weight is 325 g/mol. The molecule has 0 heterocycles. The minimum atomic E-state index is -1.13. The Kier molecular flexibility index (Phi) is 8.02. The summed E-state index contributed by atoms with van der Waals surface area (Å²) in [6.45, 7) is 2.22. The van der Waals surface area contributed by atoms with Crippen molar-refractivity contribution >= 4 is 5.78 Å². The predicted octanol–water partition coefficient (Wildman–Crippen LogP) is 2.07. The molecule has 1 rings (SSSR count). The quantitative estimate of drug-likeness (QED) is 0.613. The van der Waals surface area contributed by atoms with Gasteiger partial charge in [-0.15, -0.1) is 0 Å². The predicted molar refractivity (Wildman–Crippen MR) is 80.2 cm³/mol. The van der Waals surface area contributed by atoms with E-state index in [1.807, 2.05) is 6.07 Å². The number of carbonyl (C=O) groups excluding carboxylic acids is 1. The Morgan fingerprint density at radius 1 is 1.17 bits per heavy atom. The Hall–Kier alpha value is -2.17. The molecule has 0 saturated heterocycles. The second-order valence-electron chi connectivity index (χ2n) is 4.68. The van der Waals surface area contributed by atoms with Crippen molar-refractivity contribution in [3.63, 3.8) is 0 Å². The first-order chi connectivity index (χ1) is 11.0. The fraction of sp³-hybridized carbons (Fsp3) is 0.500. The van der Waals surface area contributed by atoms with E-state index in [-0.39, 0.29) is 30.3 Å². The van der Waals surface area contributed by atoms with Crippen molar-refractivity contribution in [3.8, 4) is 17.6 Å². The molecule has 0 N–H and O–H groups in total. The zero-order chi connectivity index (χ0) is 17.2. The molecule has 0 aliphatic carbocycles. The normalized spacial score (nSPS) is 11.6. The van der Waals surface area contributed by atoms with Gasteiger partial charge in [0.2, 0.25) is 0 Å². The Morgan fingerprint density at radius 3 is 2.30 bits per heavy atom. The van der Waals surface area contributed by atoms with Crippen LogP contribution in [0, 0.1) is 17.1 Å². The first kappa shape index (κ1) is 18.9. The summed E-state index contributed by atoms with van der Waals surface area (Å²) in [6.07, 6.45) is 0. The van der Waals surface area contributed by atoms with E-state index >= 15 is 0 Å². The van der Waals surface area contributed by atoms with E-state index < -0.39 is 17.5 Å². The second-order valence-corrected chi connectivity index (χ2v) is 4.68. The number of ether oxygens (including phenoxy) is 4. The highest BCUT2D eigenvalue weighted by Crippen LogP contribution is 2.37. The molecule has 126 valence electrons. The standard InChI is InChI=1S/C16H20FNO5/c1-11(19)14(10-18)13-8-12(17)9-15(22-6-4-20-2)16(13)23-7-5-21-3/h8-9,14H,4-7H2,1-3H3. The van der Waals surface area contributed by atoms with Gasteiger partial charge in [-0.2, -0.15) is 5.26 Å². The molecule has 0 radical (unpaired) electrons. The van der Waals surface area contributed by atoms with Crippen molar-refractivity contribution < 1.29 is 28.1 Å². The Balaban J connectivity index is 3.23. The molecule has 0 aliphatic heterocycles. The van der Waals surface area contributed by atoms with Gasteiger partial charge in [0, 0.05) is 25.8 Å².